The fourth-order valence-corrected chi connectivity index (χ4v) is 0. The number of hydrogen-bond acceptors (Lipinski definition) is 0. The van der Waals surface area contributed by atoms with E-state index in [1.807, 2.05) is 0 Å². The van der Waals surface area contributed by atoms with E-state index in [0.717, 1.165) is 0 Å². The molecule has 0 saturated heterocycles. The Kier molecular flexibility index (Phi) is 88.3. The Balaban J connectivity index is -0.00000000500. The van der Waals surface area contributed by atoms with Crippen LogP contribution in [-0.2, 0) is 18.9 Å². The smallest absolute Gasteiger partial charge is 0.0149 e. The first-order chi connectivity index (χ1) is 1.00. The minimum absolute atomic E-state index is 0. The Morgan fingerprint density at radius 2 is 1.25 bits per heavy atom. The Bertz CT molecular complexity index is 8.00. The molecule has 1 atom stereocenters. The molecule has 0 nitrogen and oxygen atoms in total. The van der Waals surface area contributed by atoms with Crippen LogP contribution >= 0.6 is 22.9 Å². The van der Waals surface area contributed by atoms with E-state index in [1.165, 1.54) is 0 Å². The van der Waals surface area contributed by atoms with Gasteiger partial charge in [0, 0.05) is 0 Å². The maximum atomic E-state index is 2.76. The third kappa shape index (κ3) is 9.12. The zero-order chi connectivity index (χ0) is 2.00. The zero-order valence-corrected chi connectivity index (χ0v) is 5.87. The van der Waals surface area contributed by atoms with Crippen molar-refractivity contribution in [2.24, 2.45) is 0 Å². The molecule has 0 N–H and O–H groups in total. The molecule has 34 valence electrons. The summed E-state index contributed by atoms with van der Waals surface area (Å²) in [6.07, 6.45) is 0. The van der Waals surface area contributed by atoms with Gasteiger partial charge in [-0.1, -0.05) is 0 Å². The molecule has 0 amide bonds. The number of rotatable bonds is 0. The summed E-state index contributed by atoms with van der Waals surface area (Å²) < 4.78 is 0. The number of hydrogen-bond donors (Lipinski definition) is 0. The predicted molar refractivity (Wildman–Crippen MR) is 31.4 cm³/mol. The van der Waals surface area contributed by atoms with Crippen LogP contribution in [0, 0.1) is 0 Å². The van der Waals surface area contributed by atoms with Gasteiger partial charge in [-0.25, -0.2) is 0 Å². The summed E-state index contributed by atoms with van der Waals surface area (Å²) in [4.78, 5) is 0. The molecule has 0 fully saturated rings. The van der Waals surface area contributed by atoms with Crippen LogP contribution in [0.2, 0.25) is 0 Å². The van der Waals surface area contributed by atoms with Gasteiger partial charge in [0.05, 0.1) is 0 Å². The normalized spacial score (nSPS) is 1.75. The van der Waals surface area contributed by atoms with E-state index < -0.39 is 0 Å². The van der Waals surface area contributed by atoms with Crippen molar-refractivity contribution in [2.75, 3.05) is 0 Å². The van der Waals surface area contributed by atoms with Crippen LogP contribution in [0.25, 0.3) is 0 Å². The first kappa shape index (κ1) is 16.9. The van der Waals surface area contributed by atoms with Gasteiger partial charge in [-0.3, -0.25) is 0 Å². The standard InChI is InChI=1S/Ag.BrH.H3P.H4Si/h;1H;1H3;1H4/q+1;;;/p-1. The Morgan fingerprint density at radius 3 is 1.25 bits per heavy atom. The molecule has 0 aromatic rings. The molecule has 0 aliphatic rings. The molecule has 4 heavy (non-hydrogen) atoms. The van der Waals surface area contributed by atoms with Gasteiger partial charge in [0.1, 0.15) is 0 Å². The van der Waals surface area contributed by atoms with Crippen molar-refractivity contribution in [3.8, 4) is 0 Å². The first-order valence-electron chi connectivity index (χ1n) is 0.114. The van der Waals surface area contributed by atoms with Crippen molar-refractivity contribution in [1.29, 1.82) is 0 Å². The van der Waals surface area contributed by atoms with E-state index in [9.17, 15) is 0 Å². The van der Waals surface area contributed by atoms with Gasteiger partial charge < -0.3 is 0 Å². The summed E-state index contributed by atoms with van der Waals surface area (Å²) in [5.74, 6) is 0. The minimum Gasteiger partial charge on any atom is -0.0149 e. The van der Waals surface area contributed by atoms with Gasteiger partial charge in [-0.2, -0.15) is 9.90 Å². The molecule has 0 radical (unpaired) electrons. The van der Waals surface area contributed by atoms with Gasteiger partial charge in [0.25, 0.3) is 0 Å². The van der Waals surface area contributed by atoms with E-state index >= 15 is 0 Å². The largest absolute Gasteiger partial charge is 0.0149 e. The van der Waals surface area contributed by atoms with Gasteiger partial charge in [-0.15, -0.1) is 0 Å². The Labute approximate surface area is 52.6 Å². The second kappa shape index (κ2) is 20.9. The summed E-state index contributed by atoms with van der Waals surface area (Å²) >= 11 is 5.51. The van der Waals surface area contributed by atoms with E-state index in [2.05, 4.69) is 32.0 Å². The zero-order valence-electron chi connectivity index (χ0n) is 1.39. The molecule has 4 heteroatoms. The number of halogens is 1. The molecule has 0 bridgehead atoms. The van der Waals surface area contributed by atoms with Crippen molar-refractivity contribution in [1.82, 2.24) is 0 Å². The van der Waals surface area contributed by atoms with Gasteiger partial charge >= 0.3 is 32.0 Å². The molecule has 0 saturated carbocycles. The molecule has 0 rings (SSSR count). The van der Waals surface area contributed by atoms with Crippen LogP contribution in [0.3, 0.4) is 0 Å². The van der Waals surface area contributed by atoms with Gasteiger partial charge in [0.2, 0.25) is 0 Å². The van der Waals surface area contributed by atoms with Crippen molar-refractivity contribution < 1.29 is 18.9 Å². The summed E-state index contributed by atoms with van der Waals surface area (Å²) in [6.45, 7) is 0. The van der Waals surface area contributed by atoms with Crippen LogP contribution in [0.5, 0.6) is 0 Å². The van der Waals surface area contributed by atoms with E-state index in [0.29, 0.717) is 0 Å². The third-order valence-corrected chi connectivity index (χ3v) is 0. The maximum absolute atomic E-state index is 2.76. The van der Waals surface area contributed by atoms with E-state index in [1.54, 1.807) is 0 Å². The molecular formula is H7AgBrPSi. The van der Waals surface area contributed by atoms with Crippen molar-refractivity contribution >= 4 is 33.9 Å². The van der Waals surface area contributed by atoms with Gasteiger partial charge in [-0.05, 0) is 11.0 Å². The average molecular weight is 254 g/mol. The molecule has 0 aromatic heterocycles. The maximum Gasteiger partial charge on any atom is -0.0149 e. The first-order valence-corrected chi connectivity index (χ1v) is 3.50. The quantitative estimate of drug-likeness (QED) is 0.402. The van der Waals surface area contributed by atoms with E-state index in [4.69, 9.17) is 0 Å². The van der Waals surface area contributed by atoms with Gasteiger partial charge in [0.15, 0.2) is 0 Å². The van der Waals surface area contributed by atoms with Crippen LogP contribution in [0.1, 0.15) is 0 Å². The van der Waals surface area contributed by atoms with Crippen LogP contribution in [-0.4, -0.2) is 11.0 Å². The molecule has 1 unspecified atom stereocenters. The fourth-order valence-electron chi connectivity index (χ4n) is 0. The van der Waals surface area contributed by atoms with Crippen molar-refractivity contribution in [3.63, 3.8) is 0 Å². The molecular weight excluding hydrogens is 247 g/mol. The monoisotopic (exact) mass is 252 g/mol. The van der Waals surface area contributed by atoms with Crippen molar-refractivity contribution in [3.05, 3.63) is 0 Å². The van der Waals surface area contributed by atoms with Crippen LogP contribution < -0.4 is 0 Å². The second-order valence-corrected chi connectivity index (χ2v) is 0. The third-order valence-electron chi connectivity index (χ3n) is 0. The minimum atomic E-state index is 0. The summed E-state index contributed by atoms with van der Waals surface area (Å²) in [7, 11) is 0. The summed E-state index contributed by atoms with van der Waals surface area (Å²) in [5, 5.41) is 0. The predicted octanol–water partition coefficient (Wildman–Crippen LogP) is -0.550. The fraction of sp³-hybridized carbons (Fsp3) is 0. The topological polar surface area (TPSA) is 0 Å². The molecule has 0 aliphatic carbocycles. The molecule has 0 aliphatic heterocycles. The second-order valence-electron chi connectivity index (χ2n) is 0. The summed E-state index contributed by atoms with van der Waals surface area (Å²) in [6, 6.07) is 0. The average Bonchev–Trinajstić information content (AvgIpc) is 1.00. The Hall–Kier alpha value is 1.87. The molecule has 0 aromatic carbocycles. The summed E-state index contributed by atoms with van der Waals surface area (Å²) in [5.41, 5.74) is 0. The molecule has 0 heterocycles. The Morgan fingerprint density at radius 1 is 1.25 bits per heavy atom. The SMILES string of the molecule is P.[Br][Ag].[SiH4]. The van der Waals surface area contributed by atoms with Crippen LogP contribution in [0.4, 0.5) is 0 Å². The molecule has 0 spiro atoms. The van der Waals surface area contributed by atoms with Crippen LogP contribution in [0.15, 0.2) is 0 Å². The van der Waals surface area contributed by atoms with Crippen molar-refractivity contribution in [2.45, 2.75) is 0 Å². The van der Waals surface area contributed by atoms with E-state index in [-0.39, 0.29) is 20.9 Å².